The van der Waals surface area contributed by atoms with Crippen molar-refractivity contribution in [1.29, 1.82) is 0 Å². The third-order valence-corrected chi connectivity index (χ3v) is 5.41. The Balaban J connectivity index is 1.89. The fraction of sp³-hybridized carbons (Fsp3) is 0.467. The summed E-state index contributed by atoms with van der Waals surface area (Å²) in [5.41, 5.74) is 2.00. The highest BCUT2D eigenvalue weighted by atomic mass is 35.5. The van der Waals surface area contributed by atoms with Crippen molar-refractivity contribution in [3.8, 4) is 0 Å². The summed E-state index contributed by atoms with van der Waals surface area (Å²) in [6.45, 7) is 5.51. The summed E-state index contributed by atoms with van der Waals surface area (Å²) in [6.07, 6.45) is 0. The maximum atomic E-state index is 6.07. The summed E-state index contributed by atoms with van der Waals surface area (Å²) >= 11 is 13.8. The van der Waals surface area contributed by atoms with Gasteiger partial charge in [0.05, 0.1) is 28.8 Å². The minimum absolute atomic E-state index is 0.457. The number of aromatic nitrogens is 2. The van der Waals surface area contributed by atoms with Crippen molar-refractivity contribution in [3.63, 3.8) is 0 Å². The Morgan fingerprint density at radius 2 is 2.04 bits per heavy atom. The first kappa shape index (κ1) is 18.1. The van der Waals surface area contributed by atoms with Gasteiger partial charge in [0, 0.05) is 31.1 Å². The zero-order valence-corrected chi connectivity index (χ0v) is 16.0. The summed E-state index contributed by atoms with van der Waals surface area (Å²) < 4.78 is 1.85. The first-order valence-electron chi connectivity index (χ1n) is 7.30. The normalized spacial score (nSPS) is 12.0. The fourth-order valence-corrected chi connectivity index (χ4v) is 3.25. The van der Waals surface area contributed by atoms with Crippen LogP contribution in [0.5, 0.6) is 0 Å². The Morgan fingerprint density at radius 1 is 1.35 bits per heavy atom. The largest absolute Gasteiger partial charge is 0.351 e. The molecule has 0 radical (unpaired) electrons. The average molecular weight is 374 g/mol. The summed E-state index contributed by atoms with van der Waals surface area (Å²) in [7, 11) is 3.62. The van der Waals surface area contributed by atoms with Crippen molar-refractivity contribution < 1.29 is 0 Å². The number of rotatable bonds is 5. The van der Waals surface area contributed by atoms with Gasteiger partial charge in [0.2, 0.25) is 0 Å². The number of guanidine groups is 1. The van der Waals surface area contributed by atoms with E-state index in [1.165, 1.54) is 0 Å². The summed E-state index contributed by atoms with van der Waals surface area (Å²) in [5.74, 6) is 1.16. The van der Waals surface area contributed by atoms with Gasteiger partial charge >= 0.3 is 0 Å². The molecule has 0 aromatic carbocycles. The SMILES string of the molecule is CN=C(NCc1csc(C(C)C)n1)NCc1cc(Cl)c(Cl)n1C. The molecule has 0 saturated heterocycles. The molecule has 0 atom stereocenters. The van der Waals surface area contributed by atoms with Gasteiger partial charge in [-0.3, -0.25) is 4.99 Å². The Labute approximate surface area is 150 Å². The number of halogens is 2. The predicted molar refractivity (Wildman–Crippen MR) is 98.7 cm³/mol. The molecule has 5 nitrogen and oxygen atoms in total. The second-order valence-electron chi connectivity index (χ2n) is 5.44. The van der Waals surface area contributed by atoms with Crippen LogP contribution >= 0.6 is 34.5 Å². The van der Waals surface area contributed by atoms with Crippen LogP contribution in [-0.2, 0) is 20.1 Å². The van der Waals surface area contributed by atoms with Gasteiger partial charge in [0.25, 0.3) is 0 Å². The molecule has 0 aliphatic rings. The van der Waals surface area contributed by atoms with Crippen molar-refractivity contribution in [2.24, 2.45) is 12.0 Å². The average Bonchev–Trinajstić information content (AvgIpc) is 3.09. The molecule has 0 fully saturated rings. The lowest BCUT2D eigenvalue weighted by Crippen LogP contribution is -2.36. The molecule has 0 aliphatic carbocycles. The van der Waals surface area contributed by atoms with E-state index < -0.39 is 0 Å². The van der Waals surface area contributed by atoms with Crippen molar-refractivity contribution in [2.45, 2.75) is 32.9 Å². The molecular formula is C15H21Cl2N5S. The molecule has 8 heteroatoms. The quantitative estimate of drug-likeness (QED) is 0.619. The van der Waals surface area contributed by atoms with E-state index in [0.29, 0.717) is 35.1 Å². The van der Waals surface area contributed by atoms with Crippen LogP contribution in [0.3, 0.4) is 0 Å². The van der Waals surface area contributed by atoms with E-state index >= 15 is 0 Å². The summed E-state index contributed by atoms with van der Waals surface area (Å²) in [5, 5.41) is 10.8. The molecule has 2 aromatic rings. The minimum atomic E-state index is 0.457. The van der Waals surface area contributed by atoms with Gasteiger partial charge in [-0.2, -0.15) is 0 Å². The van der Waals surface area contributed by atoms with E-state index in [1.54, 1.807) is 18.4 Å². The number of aliphatic imine (C=N–C) groups is 1. The van der Waals surface area contributed by atoms with Gasteiger partial charge in [-0.15, -0.1) is 11.3 Å². The number of hydrogen-bond donors (Lipinski definition) is 2. The summed E-state index contributed by atoms with van der Waals surface area (Å²) in [4.78, 5) is 8.81. The molecule has 2 aromatic heterocycles. The van der Waals surface area contributed by atoms with Crippen LogP contribution in [0.15, 0.2) is 16.4 Å². The smallest absolute Gasteiger partial charge is 0.191 e. The van der Waals surface area contributed by atoms with Crippen LogP contribution in [0, 0.1) is 0 Å². The molecule has 0 spiro atoms. The molecule has 2 N–H and O–H groups in total. The Kier molecular flexibility index (Phi) is 6.33. The molecule has 0 saturated carbocycles. The molecule has 0 unspecified atom stereocenters. The van der Waals surface area contributed by atoms with E-state index in [9.17, 15) is 0 Å². The van der Waals surface area contributed by atoms with Crippen LogP contribution < -0.4 is 10.6 Å². The molecule has 0 aliphatic heterocycles. The molecule has 2 heterocycles. The van der Waals surface area contributed by atoms with Gasteiger partial charge in [-0.05, 0) is 6.07 Å². The third-order valence-electron chi connectivity index (χ3n) is 3.38. The number of hydrogen-bond acceptors (Lipinski definition) is 3. The standard InChI is InChI=1S/C15H21Cl2N5S/c1-9(2)14-21-10(8-23-14)6-19-15(18-3)20-7-11-5-12(16)13(17)22(11)4/h5,8-9H,6-7H2,1-4H3,(H2,18,19,20). The topological polar surface area (TPSA) is 54.2 Å². The second-order valence-corrected chi connectivity index (χ2v) is 7.10. The van der Waals surface area contributed by atoms with E-state index in [4.69, 9.17) is 23.2 Å². The Hall–Kier alpha value is -1.24. The van der Waals surface area contributed by atoms with Crippen molar-refractivity contribution in [2.75, 3.05) is 7.05 Å². The maximum Gasteiger partial charge on any atom is 0.191 e. The molecule has 23 heavy (non-hydrogen) atoms. The highest BCUT2D eigenvalue weighted by molar-refractivity contribution is 7.09. The van der Waals surface area contributed by atoms with E-state index in [2.05, 4.69) is 39.8 Å². The summed E-state index contributed by atoms with van der Waals surface area (Å²) in [6, 6.07) is 1.85. The van der Waals surface area contributed by atoms with Gasteiger partial charge in [-0.25, -0.2) is 4.98 Å². The van der Waals surface area contributed by atoms with Crippen LogP contribution in [0.25, 0.3) is 0 Å². The fourth-order valence-electron chi connectivity index (χ4n) is 2.00. The van der Waals surface area contributed by atoms with Gasteiger partial charge < -0.3 is 15.2 Å². The number of nitrogens with zero attached hydrogens (tertiary/aromatic N) is 3. The number of nitrogens with one attached hydrogen (secondary N) is 2. The first-order valence-corrected chi connectivity index (χ1v) is 8.94. The molecule has 0 bridgehead atoms. The van der Waals surface area contributed by atoms with Gasteiger partial charge in [-0.1, -0.05) is 37.0 Å². The maximum absolute atomic E-state index is 6.07. The Bertz CT molecular complexity index is 690. The lowest BCUT2D eigenvalue weighted by molar-refractivity contribution is 0.744. The van der Waals surface area contributed by atoms with Crippen LogP contribution in [0.2, 0.25) is 10.2 Å². The lowest BCUT2D eigenvalue weighted by Gasteiger charge is -2.11. The van der Waals surface area contributed by atoms with Crippen LogP contribution in [-0.4, -0.2) is 22.6 Å². The van der Waals surface area contributed by atoms with Crippen LogP contribution in [0.1, 0.15) is 36.2 Å². The predicted octanol–water partition coefficient (Wildman–Crippen LogP) is 3.78. The molecule has 126 valence electrons. The van der Waals surface area contributed by atoms with Gasteiger partial charge in [0.15, 0.2) is 5.96 Å². The van der Waals surface area contributed by atoms with E-state index in [-0.39, 0.29) is 0 Å². The highest BCUT2D eigenvalue weighted by Crippen LogP contribution is 2.24. The van der Waals surface area contributed by atoms with Gasteiger partial charge in [0.1, 0.15) is 5.15 Å². The van der Waals surface area contributed by atoms with Crippen molar-refractivity contribution >= 4 is 40.5 Å². The highest BCUT2D eigenvalue weighted by Gasteiger charge is 2.10. The zero-order valence-electron chi connectivity index (χ0n) is 13.7. The first-order chi connectivity index (χ1) is 10.9. The zero-order chi connectivity index (χ0) is 17.0. The molecular weight excluding hydrogens is 353 g/mol. The number of thiazole rings is 1. The van der Waals surface area contributed by atoms with Crippen molar-refractivity contribution in [1.82, 2.24) is 20.2 Å². The van der Waals surface area contributed by atoms with Crippen LogP contribution in [0.4, 0.5) is 0 Å². The minimum Gasteiger partial charge on any atom is -0.351 e. The second kappa shape index (κ2) is 8.04. The third kappa shape index (κ3) is 4.62. The van der Waals surface area contributed by atoms with E-state index in [0.717, 1.165) is 16.4 Å². The van der Waals surface area contributed by atoms with Crippen molar-refractivity contribution in [3.05, 3.63) is 38.0 Å². The lowest BCUT2D eigenvalue weighted by atomic mass is 10.2. The van der Waals surface area contributed by atoms with E-state index in [1.807, 2.05) is 17.7 Å². The molecule has 0 amide bonds. The molecule has 2 rings (SSSR count). The monoisotopic (exact) mass is 373 g/mol. The Morgan fingerprint density at radius 3 is 2.57 bits per heavy atom.